The molecule has 7 heteroatoms. The highest BCUT2D eigenvalue weighted by atomic mass is 16.5. The number of nitrogens with zero attached hydrogens (tertiary/aromatic N) is 2. The number of urea groups is 1. The predicted octanol–water partition coefficient (Wildman–Crippen LogP) is 1.49. The van der Waals surface area contributed by atoms with Gasteiger partial charge in [0, 0.05) is 31.2 Å². The van der Waals surface area contributed by atoms with Crippen LogP contribution in [0.2, 0.25) is 0 Å². The molecular formula is C17H17N3O4. The van der Waals surface area contributed by atoms with Gasteiger partial charge in [0.05, 0.1) is 5.56 Å². The molecule has 0 unspecified atom stereocenters. The molecule has 1 aliphatic rings. The van der Waals surface area contributed by atoms with Crippen molar-refractivity contribution in [3.05, 3.63) is 53.9 Å². The van der Waals surface area contributed by atoms with Gasteiger partial charge in [-0.05, 0) is 36.8 Å². The van der Waals surface area contributed by atoms with E-state index in [-0.39, 0.29) is 6.54 Å². The van der Waals surface area contributed by atoms with Gasteiger partial charge in [0.25, 0.3) is 5.91 Å². The Morgan fingerprint density at radius 3 is 2.67 bits per heavy atom. The zero-order chi connectivity index (χ0) is 17.1. The molecule has 1 fully saturated rings. The molecular weight excluding hydrogens is 310 g/mol. The first-order chi connectivity index (χ1) is 11.6. The fourth-order valence-electron chi connectivity index (χ4n) is 2.51. The van der Waals surface area contributed by atoms with E-state index in [1.165, 1.54) is 0 Å². The molecule has 2 heterocycles. The lowest BCUT2D eigenvalue weighted by Gasteiger charge is -2.13. The molecule has 1 aromatic carbocycles. The number of rotatable bonds is 4. The molecule has 3 rings (SSSR count). The molecule has 3 amide bonds. The fraction of sp³-hybridized carbons (Fsp3) is 0.235. The van der Waals surface area contributed by atoms with Crippen LogP contribution in [0.1, 0.15) is 15.9 Å². The van der Waals surface area contributed by atoms with E-state index in [0.29, 0.717) is 12.1 Å². The number of hydrogen-bond acceptors (Lipinski definition) is 4. The van der Waals surface area contributed by atoms with Gasteiger partial charge in [0.15, 0.2) is 6.61 Å². The SMILES string of the molecule is Cc1ccc(C(=O)OCC(=O)N2CCNC2=O)cc1-n1cccc1. The van der Waals surface area contributed by atoms with Gasteiger partial charge in [-0.15, -0.1) is 0 Å². The summed E-state index contributed by atoms with van der Waals surface area (Å²) in [6, 6.07) is 8.51. The lowest BCUT2D eigenvalue weighted by molar-refractivity contribution is -0.130. The first-order valence-corrected chi connectivity index (χ1v) is 7.55. The first kappa shape index (κ1) is 15.8. The van der Waals surface area contributed by atoms with E-state index in [4.69, 9.17) is 4.74 Å². The maximum atomic E-state index is 12.2. The molecule has 0 radical (unpaired) electrons. The van der Waals surface area contributed by atoms with Crippen LogP contribution in [0.4, 0.5) is 4.79 Å². The molecule has 1 saturated heterocycles. The smallest absolute Gasteiger partial charge is 0.338 e. The number of carbonyl (C=O) groups is 3. The van der Waals surface area contributed by atoms with Crippen LogP contribution in [0.3, 0.4) is 0 Å². The van der Waals surface area contributed by atoms with Gasteiger partial charge in [0.1, 0.15) is 0 Å². The number of nitrogens with one attached hydrogen (secondary N) is 1. The summed E-state index contributed by atoms with van der Waals surface area (Å²) in [4.78, 5) is 36.5. The molecule has 0 atom stereocenters. The topological polar surface area (TPSA) is 80.6 Å². The van der Waals surface area contributed by atoms with Crippen molar-refractivity contribution in [2.75, 3.05) is 19.7 Å². The Kier molecular flexibility index (Phi) is 4.33. The number of hydrogen-bond donors (Lipinski definition) is 1. The number of esters is 1. The van der Waals surface area contributed by atoms with Crippen molar-refractivity contribution in [3.8, 4) is 5.69 Å². The summed E-state index contributed by atoms with van der Waals surface area (Å²) in [7, 11) is 0. The second-order valence-corrected chi connectivity index (χ2v) is 5.45. The zero-order valence-corrected chi connectivity index (χ0v) is 13.2. The molecule has 0 aliphatic carbocycles. The van der Waals surface area contributed by atoms with Gasteiger partial charge >= 0.3 is 12.0 Å². The normalized spacial score (nSPS) is 13.7. The Bertz CT molecular complexity index is 783. The average molecular weight is 327 g/mol. The number of amides is 3. The maximum Gasteiger partial charge on any atom is 0.338 e. The van der Waals surface area contributed by atoms with Crippen LogP contribution in [0.15, 0.2) is 42.7 Å². The van der Waals surface area contributed by atoms with E-state index in [1.54, 1.807) is 12.1 Å². The summed E-state index contributed by atoms with van der Waals surface area (Å²) >= 11 is 0. The molecule has 24 heavy (non-hydrogen) atoms. The van der Waals surface area contributed by atoms with Gasteiger partial charge in [-0.1, -0.05) is 6.07 Å². The third-order valence-corrected chi connectivity index (χ3v) is 3.81. The minimum absolute atomic E-state index is 0.289. The van der Waals surface area contributed by atoms with Crippen molar-refractivity contribution in [1.29, 1.82) is 0 Å². The summed E-state index contributed by atoms with van der Waals surface area (Å²) in [6.07, 6.45) is 3.76. The summed E-state index contributed by atoms with van der Waals surface area (Å²) < 4.78 is 6.94. The highest BCUT2D eigenvalue weighted by Crippen LogP contribution is 2.17. The third-order valence-electron chi connectivity index (χ3n) is 3.81. The summed E-state index contributed by atoms with van der Waals surface area (Å²) in [6.45, 7) is 2.19. The standard InChI is InChI=1S/C17H17N3O4/c1-12-4-5-13(10-14(12)19-7-2-3-8-19)16(22)24-11-15(21)20-9-6-18-17(20)23/h2-5,7-8,10H,6,9,11H2,1H3,(H,18,23). The van der Waals surface area contributed by atoms with E-state index in [0.717, 1.165) is 16.2 Å². The van der Waals surface area contributed by atoms with Crippen LogP contribution in [-0.4, -0.2) is 47.1 Å². The van der Waals surface area contributed by atoms with Crippen molar-refractivity contribution in [1.82, 2.24) is 14.8 Å². The summed E-state index contributed by atoms with van der Waals surface area (Å²) in [5.41, 5.74) is 2.22. The first-order valence-electron chi connectivity index (χ1n) is 7.55. The Hall–Kier alpha value is -3.09. The average Bonchev–Trinajstić information content (AvgIpc) is 3.24. The minimum atomic E-state index is -0.601. The molecule has 1 N–H and O–H groups in total. The molecule has 1 aliphatic heterocycles. The van der Waals surface area contributed by atoms with Crippen molar-refractivity contribution >= 4 is 17.9 Å². The molecule has 1 aromatic heterocycles. The van der Waals surface area contributed by atoms with Crippen LogP contribution in [0, 0.1) is 6.92 Å². The Labute approximate surface area is 138 Å². The number of aryl methyl sites for hydroxylation is 1. The predicted molar refractivity (Wildman–Crippen MR) is 85.9 cm³/mol. The second kappa shape index (κ2) is 6.57. The molecule has 0 spiro atoms. The monoisotopic (exact) mass is 327 g/mol. The van der Waals surface area contributed by atoms with Gasteiger partial charge in [-0.3, -0.25) is 9.69 Å². The molecule has 0 saturated carbocycles. The van der Waals surface area contributed by atoms with E-state index in [2.05, 4.69) is 5.32 Å². The van der Waals surface area contributed by atoms with E-state index in [9.17, 15) is 14.4 Å². The Morgan fingerprint density at radius 2 is 2.00 bits per heavy atom. The van der Waals surface area contributed by atoms with Crippen LogP contribution >= 0.6 is 0 Å². The van der Waals surface area contributed by atoms with Crippen molar-refractivity contribution < 1.29 is 19.1 Å². The highest BCUT2D eigenvalue weighted by Gasteiger charge is 2.26. The van der Waals surface area contributed by atoms with Gasteiger partial charge in [-0.25, -0.2) is 9.59 Å². The maximum absolute atomic E-state index is 12.2. The van der Waals surface area contributed by atoms with E-state index in [1.807, 2.05) is 42.1 Å². The molecule has 0 bridgehead atoms. The summed E-state index contributed by atoms with van der Waals surface area (Å²) in [5, 5.41) is 2.52. The lowest BCUT2D eigenvalue weighted by Crippen LogP contribution is -2.37. The van der Waals surface area contributed by atoms with Crippen molar-refractivity contribution in [2.24, 2.45) is 0 Å². The van der Waals surface area contributed by atoms with Gasteiger partial charge in [-0.2, -0.15) is 0 Å². The van der Waals surface area contributed by atoms with E-state index < -0.39 is 24.5 Å². The number of imide groups is 1. The number of benzene rings is 1. The van der Waals surface area contributed by atoms with Crippen molar-refractivity contribution in [2.45, 2.75) is 6.92 Å². The Morgan fingerprint density at radius 1 is 1.25 bits per heavy atom. The quantitative estimate of drug-likeness (QED) is 0.863. The number of carbonyl (C=O) groups excluding carboxylic acids is 3. The lowest BCUT2D eigenvalue weighted by atomic mass is 10.1. The van der Waals surface area contributed by atoms with Crippen molar-refractivity contribution in [3.63, 3.8) is 0 Å². The second-order valence-electron chi connectivity index (χ2n) is 5.45. The molecule has 2 aromatic rings. The van der Waals surface area contributed by atoms with E-state index >= 15 is 0 Å². The largest absolute Gasteiger partial charge is 0.452 e. The minimum Gasteiger partial charge on any atom is -0.452 e. The van der Waals surface area contributed by atoms with Crippen LogP contribution in [0.5, 0.6) is 0 Å². The van der Waals surface area contributed by atoms with Gasteiger partial charge < -0.3 is 14.6 Å². The molecule has 124 valence electrons. The Balaban J connectivity index is 1.68. The number of aromatic nitrogens is 1. The fourth-order valence-corrected chi connectivity index (χ4v) is 2.51. The third kappa shape index (κ3) is 3.15. The van der Waals surface area contributed by atoms with Crippen LogP contribution in [-0.2, 0) is 9.53 Å². The number of ether oxygens (including phenoxy) is 1. The summed E-state index contributed by atoms with van der Waals surface area (Å²) in [5.74, 6) is -1.13. The van der Waals surface area contributed by atoms with Gasteiger partial charge in [0.2, 0.25) is 0 Å². The van der Waals surface area contributed by atoms with Crippen LogP contribution < -0.4 is 5.32 Å². The van der Waals surface area contributed by atoms with Crippen LogP contribution in [0.25, 0.3) is 5.69 Å². The zero-order valence-electron chi connectivity index (χ0n) is 13.2. The molecule has 7 nitrogen and oxygen atoms in total. The highest BCUT2D eigenvalue weighted by molar-refractivity contribution is 5.98.